The Morgan fingerprint density at radius 2 is 1.77 bits per heavy atom. The smallest absolute Gasteiger partial charge is 0.181 e. The molecule has 2 aromatic carbocycles. The van der Waals surface area contributed by atoms with Gasteiger partial charge in [-0.2, -0.15) is 4.68 Å². The molecule has 7 heteroatoms. The molecule has 30 heavy (non-hydrogen) atoms. The van der Waals surface area contributed by atoms with Crippen LogP contribution in [0.15, 0.2) is 48.7 Å². The Kier molecular flexibility index (Phi) is 4.66. The van der Waals surface area contributed by atoms with Crippen LogP contribution in [0.1, 0.15) is 42.6 Å². The van der Waals surface area contributed by atoms with E-state index < -0.39 is 0 Å². The van der Waals surface area contributed by atoms with Crippen LogP contribution in [0.2, 0.25) is 5.02 Å². The van der Waals surface area contributed by atoms with Crippen molar-refractivity contribution < 1.29 is 0 Å². The average Bonchev–Trinajstić information content (AvgIpc) is 3.41. The molecule has 152 valence electrons. The van der Waals surface area contributed by atoms with Crippen molar-refractivity contribution in [2.45, 2.75) is 45.1 Å². The average molecular weight is 419 g/mol. The summed E-state index contributed by atoms with van der Waals surface area (Å²) in [5.74, 6) is 0.844. The molecule has 6 nitrogen and oxygen atoms in total. The van der Waals surface area contributed by atoms with Crippen LogP contribution in [0.4, 0.5) is 5.69 Å². The van der Waals surface area contributed by atoms with Gasteiger partial charge in [-0.25, -0.2) is 0 Å². The van der Waals surface area contributed by atoms with E-state index in [9.17, 15) is 0 Å². The van der Waals surface area contributed by atoms with Crippen molar-refractivity contribution in [3.63, 3.8) is 0 Å². The van der Waals surface area contributed by atoms with Gasteiger partial charge in [-0.3, -0.25) is 4.98 Å². The molecule has 2 heterocycles. The van der Waals surface area contributed by atoms with Gasteiger partial charge in [0.1, 0.15) is 0 Å². The molecule has 4 aromatic rings. The number of hydrogen-bond donors (Lipinski definition) is 1. The fourth-order valence-corrected chi connectivity index (χ4v) is 4.87. The second-order valence-corrected chi connectivity index (χ2v) is 8.47. The predicted molar refractivity (Wildman–Crippen MR) is 119 cm³/mol. The zero-order valence-corrected chi connectivity index (χ0v) is 17.8. The molecule has 5 rings (SSSR count). The number of tetrazole rings is 1. The van der Waals surface area contributed by atoms with Crippen LogP contribution in [0.3, 0.4) is 0 Å². The number of anilines is 1. The third-order valence-corrected chi connectivity index (χ3v) is 6.43. The van der Waals surface area contributed by atoms with Crippen molar-refractivity contribution in [3.8, 4) is 5.69 Å². The Labute approximate surface area is 180 Å². The summed E-state index contributed by atoms with van der Waals surface area (Å²) in [6.07, 6.45) is 5.94. The van der Waals surface area contributed by atoms with Gasteiger partial charge in [0.25, 0.3) is 0 Å². The number of pyridine rings is 1. The van der Waals surface area contributed by atoms with Crippen molar-refractivity contribution >= 4 is 28.2 Å². The van der Waals surface area contributed by atoms with Crippen LogP contribution in [0.5, 0.6) is 0 Å². The fraction of sp³-hybridized carbons (Fsp3) is 0.304. The van der Waals surface area contributed by atoms with E-state index >= 15 is 0 Å². The van der Waals surface area contributed by atoms with Crippen molar-refractivity contribution in [3.05, 3.63) is 70.6 Å². The number of benzene rings is 2. The van der Waals surface area contributed by atoms with Gasteiger partial charge in [0.05, 0.1) is 27.5 Å². The molecule has 1 fully saturated rings. The second kappa shape index (κ2) is 7.36. The summed E-state index contributed by atoms with van der Waals surface area (Å²) in [5, 5.41) is 18.4. The molecule has 1 N–H and O–H groups in total. The van der Waals surface area contributed by atoms with Crippen LogP contribution < -0.4 is 5.32 Å². The van der Waals surface area contributed by atoms with Gasteiger partial charge in [-0.05, 0) is 72.5 Å². The summed E-state index contributed by atoms with van der Waals surface area (Å²) in [7, 11) is 0. The van der Waals surface area contributed by atoms with Crippen LogP contribution in [0, 0.1) is 13.8 Å². The lowest BCUT2D eigenvalue weighted by atomic mass is 9.94. The highest BCUT2D eigenvalue weighted by atomic mass is 35.5. The molecule has 1 saturated carbocycles. The molecule has 0 unspecified atom stereocenters. The lowest BCUT2D eigenvalue weighted by Crippen LogP contribution is -2.36. The molecule has 0 saturated heterocycles. The Morgan fingerprint density at radius 3 is 2.53 bits per heavy atom. The molecule has 1 aliphatic rings. The predicted octanol–water partition coefficient (Wildman–Crippen LogP) is 5.36. The first kappa shape index (κ1) is 19.0. The van der Waals surface area contributed by atoms with Gasteiger partial charge >= 0.3 is 0 Å². The Morgan fingerprint density at radius 1 is 1.00 bits per heavy atom. The summed E-state index contributed by atoms with van der Waals surface area (Å²) >= 11 is 6.42. The van der Waals surface area contributed by atoms with E-state index in [1.165, 1.54) is 0 Å². The number of fused-ring (bicyclic) bond motifs is 1. The number of halogens is 1. The maximum absolute atomic E-state index is 6.42. The van der Waals surface area contributed by atoms with Crippen LogP contribution in [-0.2, 0) is 5.54 Å². The minimum Gasteiger partial charge on any atom is -0.371 e. The molecule has 0 atom stereocenters. The first-order valence-corrected chi connectivity index (χ1v) is 10.6. The second-order valence-electron chi connectivity index (χ2n) is 8.06. The van der Waals surface area contributed by atoms with Crippen LogP contribution >= 0.6 is 11.6 Å². The van der Waals surface area contributed by atoms with E-state index in [-0.39, 0.29) is 5.54 Å². The summed E-state index contributed by atoms with van der Waals surface area (Å²) in [6.45, 7) is 4.19. The molecular weight excluding hydrogens is 396 g/mol. The maximum atomic E-state index is 6.42. The zero-order chi connectivity index (χ0) is 20.7. The summed E-state index contributed by atoms with van der Waals surface area (Å²) in [6, 6.07) is 14.1. The lowest BCUT2D eigenvalue weighted by molar-refractivity contribution is 0.461. The molecule has 0 bridgehead atoms. The van der Waals surface area contributed by atoms with Crippen molar-refractivity contribution in [1.29, 1.82) is 0 Å². The number of hydrogen-bond acceptors (Lipinski definition) is 5. The summed E-state index contributed by atoms with van der Waals surface area (Å²) in [5.41, 5.74) is 4.79. The molecule has 0 amide bonds. The summed E-state index contributed by atoms with van der Waals surface area (Å²) < 4.78 is 1.91. The van der Waals surface area contributed by atoms with Crippen LogP contribution in [-0.4, -0.2) is 25.2 Å². The monoisotopic (exact) mass is 418 g/mol. The molecule has 2 aromatic heterocycles. The first-order chi connectivity index (χ1) is 14.6. The molecule has 0 aliphatic heterocycles. The Hall–Kier alpha value is -2.99. The highest BCUT2D eigenvalue weighted by Gasteiger charge is 2.41. The number of rotatable bonds is 4. The van der Waals surface area contributed by atoms with E-state index in [1.54, 1.807) is 6.20 Å². The number of aryl methyl sites for hydroxylation is 2. The van der Waals surface area contributed by atoms with E-state index in [1.807, 2.05) is 28.9 Å². The third-order valence-electron chi connectivity index (χ3n) is 6.10. The SMILES string of the molecule is Cc1cccc(C)c1-n1nnnc1C1(Nc2ccc(Cl)c3cccnc23)CCCC1. The van der Waals surface area contributed by atoms with Gasteiger partial charge < -0.3 is 5.32 Å². The van der Waals surface area contributed by atoms with Crippen molar-refractivity contribution in [2.75, 3.05) is 5.32 Å². The lowest BCUT2D eigenvalue weighted by Gasteiger charge is -2.31. The minimum absolute atomic E-state index is 0.365. The molecule has 0 radical (unpaired) electrons. The topological polar surface area (TPSA) is 68.5 Å². The number of nitrogens with zero attached hydrogens (tertiary/aromatic N) is 5. The number of para-hydroxylation sites is 1. The van der Waals surface area contributed by atoms with Gasteiger partial charge in [0.2, 0.25) is 0 Å². The standard InChI is InChI=1S/C23H23ClN6/c1-15-7-5-8-16(2)21(15)30-22(27-28-29-30)23(12-3-4-13-23)26-19-11-10-18(24)17-9-6-14-25-20(17)19/h5-11,14,26H,3-4,12-13H2,1-2H3. The maximum Gasteiger partial charge on any atom is 0.181 e. The van der Waals surface area contributed by atoms with E-state index in [2.05, 4.69) is 57.9 Å². The quantitative estimate of drug-likeness (QED) is 0.483. The number of aromatic nitrogens is 5. The first-order valence-electron chi connectivity index (χ1n) is 10.3. The van der Waals surface area contributed by atoms with Gasteiger partial charge in [0, 0.05) is 11.6 Å². The summed E-state index contributed by atoms with van der Waals surface area (Å²) in [4.78, 5) is 4.60. The normalized spacial score (nSPS) is 15.6. The molecule has 1 aliphatic carbocycles. The highest BCUT2D eigenvalue weighted by Crippen LogP contribution is 2.43. The van der Waals surface area contributed by atoms with Crippen molar-refractivity contribution in [1.82, 2.24) is 25.2 Å². The molecule has 0 spiro atoms. The third kappa shape index (κ3) is 3.03. The number of nitrogens with one attached hydrogen (secondary N) is 1. The van der Waals surface area contributed by atoms with Crippen molar-refractivity contribution in [2.24, 2.45) is 0 Å². The Balaban J connectivity index is 1.65. The van der Waals surface area contributed by atoms with Gasteiger partial charge in [0.15, 0.2) is 5.82 Å². The van der Waals surface area contributed by atoms with E-state index in [0.29, 0.717) is 5.02 Å². The van der Waals surface area contributed by atoms with Gasteiger partial charge in [-0.15, -0.1) is 5.10 Å². The van der Waals surface area contributed by atoms with E-state index in [0.717, 1.165) is 64.9 Å². The highest BCUT2D eigenvalue weighted by molar-refractivity contribution is 6.35. The van der Waals surface area contributed by atoms with Gasteiger partial charge in [-0.1, -0.05) is 42.6 Å². The Bertz CT molecular complexity index is 1210. The fourth-order valence-electron chi connectivity index (χ4n) is 4.66. The minimum atomic E-state index is -0.365. The van der Waals surface area contributed by atoms with Crippen LogP contribution in [0.25, 0.3) is 16.6 Å². The largest absolute Gasteiger partial charge is 0.371 e. The molecular formula is C23H23ClN6. The zero-order valence-electron chi connectivity index (χ0n) is 17.1. The van der Waals surface area contributed by atoms with E-state index in [4.69, 9.17) is 11.6 Å².